The summed E-state index contributed by atoms with van der Waals surface area (Å²) in [5, 5.41) is 0. The number of nitrogens with two attached hydrogens (primary N) is 1. The van der Waals surface area contributed by atoms with Crippen molar-refractivity contribution in [3.8, 4) is 5.75 Å². The Hall–Kier alpha value is -1.58. The highest BCUT2D eigenvalue weighted by Gasteiger charge is 2.18. The molecule has 1 heterocycles. The Morgan fingerprint density at radius 1 is 1.35 bits per heavy atom. The van der Waals surface area contributed by atoms with E-state index in [1.54, 1.807) is 0 Å². The second kappa shape index (κ2) is 7.27. The van der Waals surface area contributed by atoms with Gasteiger partial charge in [-0.25, -0.2) is 0 Å². The number of rotatable bonds is 7. The van der Waals surface area contributed by atoms with Gasteiger partial charge in [0, 0.05) is 37.7 Å². The molecule has 1 aliphatic heterocycles. The maximum Gasteiger partial charge on any atom is 0.124 e. The lowest BCUT2D eigenvalue weighted by Crippen LogP contribution is -2.25. The fourth-order valence-electron chi connectivity index (χ4n) is 2.51. The third kappa shape index (κ3) is 3.71. The van der Waals surface area contributed by atoms with Crippen LogP contribution in [0.3, 0.4) is 0 Å². The van der Waals surface area contributed by atoms with Gasteiger partial charge in [0.1, 0.15) is 5.75 Å². The van der Waals surface area contributed by atoms with Crippen molar-refractivity contribution in [3.05, 3.63) is 54.6 Å². The Morgan fingerprint density at radius 3 is 2.95 bits per heavy atom. The van der Waals surface area contributed by atoms with E-state index < -0.39 is 0 Å². The molecule has 20 heavy (non-hydrogen) atoms. The van der Waals surface area contributed by atoms with Gasteiger partial charge in [-0.05, 0) is 18.1 Å². The summed E-state index contributed by atoms with van der Waals surface area (Å²) in [7, 11) is 0. The molecule has 1 unspecified atom stereocenters. The van der Waals surface area contributed by atoms with Crippen molar-refractivity contribution in [2.24, 2.45) is 5.73 Å². The molecule has 0 saturated heterocycles. The molecule has 3 heteroatoms. The minimum absolute atomic E-state index is 0.109. The summed E-state index contributed by atoms with van der Waals surface area (Å²) in [5.74, 6) is 0.948. The Balaban J connectivity index is 2.08. The molecule has 0 aromatic heterocycles. The van der Waals surface area contributed by atoms with Crippen molar-refractivity contribution in [2.75, 3.05) is 19.7 Å². The predicted molar refractivity (Wildman–Crippen MR) is 83.8 cm³/mol. The number of benzene rings is 1. The fourth-order valence-corrected chi connectivity index (χ4v) is 2.51. The van der Waals surface area contributed by atoms with Crippen LogP contribution in [0.4, 0.5) is 0 Å². The molecule has 1 atom stereocenters. The van der Waals surface area contributed by atoms with Gasteiger partial charge in [0.05, 0.1) is 6.61 Å². The molecule has 1 aromatic rings. The molecule has 3 nitrogen and oxygen atoms in total. The topological polar surface area (TPSA) is 38.5 Å². The second-order valence-corrected chi connectivity index (χ2v) is 5.22. The van der Waals surface area contributed by atoms with Crippen LogP contribution >= 0.6 is 0 Å². The van der Waals surface area contributed by atoms with E-state index in [2.05, 4.69) is 36.3 Å². The quantitative estimate of drug-likeness (QED) is 0.775. The normalized spacial score (nSPS) is 17.4. The maximum atomic E-state index is 6.10. The smallest absolute Gasteiger partial charge is 0.124 e. The van der Waals surface area contributed by atoms with Crippen molar-refractivity contribution < 1.29 is 4.74 Å². The third-order valence-corrected chi connectivity index (χ3v) is 3.61. The Labute approximate surface area is 121 Å². The molecular formula is C17H24N2O. The molecule has 0 aliphatic carbocycles. The minimum Gasteiger partial charge on any atom is -0.493 e. The van der Waals surface area contributed by atoms with Crippen molar-refractivity contribution in [2.45, 2.75) is 25.4 Å². The zero-order chi connectivity index (χ0) is 14.4. The highest BCUT2D eigenvalue weighted by molar-refractivity contribution is 5.40. The van der Waals surface area contributed by atoms with Crippen LogP contribution in [0.2, 0.25) is 0 Å². The zero-order valence-corrected chi connectivity index (χ0v) is 12.1. The summed E-state index contributed by atoms with van der Waals surface area (Å²) in [6.45, 7) is 11.1. The molecule has 2 N–H and O–H groups in total. The predicted octanol–water partition coefficient (Wildman–Crippen LogP) is 3.03. The highest BCUT2D eigenvalue weighted by atomic mass is 16.5. The van der Waals surface area contributed by atoms with Crippen LogP contribution in [0.1, 0.15) is 30.0 Å². The van der Waals surface area contributed by atoms with Gasteiger partial charge in [0.15, 0.2) is 0 Å². The first kappa shape index (κ1) is 14.8. The fraction of sp³-hybridized carbons (Fsp3) is 0.412. The van der Waals surface area contributed by atoms with Crippen LogP contribution in [-0.4, -0.2) is 24.6 Å². The van der Waals surface area contributed by atoms with Crippen LogP contribution < -0.4 is 10.5 Å². The minimum atomic E-state index is 0.109. The van der Waals surface area contributed by atoms with Crippen LogP contribution in [0, 0.1) is 0 Å². The van der Waals surface area contributed by atoms with Crippen LogP contribution in [0.5, 0.6) is 5.75 Å². The van der Waals surface area contributed by atoms with Crippen LogP contribution in [-0.2, 0) is 6.54 Å². The van der Waals surface area contributed by atoms with E-state index in [9.17, 15) is 0 Å². The average Bonchev–Trinajstić information content (AvgIpc) is 2.45. The van der Waals surface area contributed by atoms with Crippen molar-refractivity contribution in [1.29, 1.82) is 0 Å². The van der Waals surface area contributed by atoms with Crippen LogP contribution in [0.15, 0.2) is 43.5 Å². The lowest BCUT2D eigenvalue weighted by Gasteiger charge is -2.25. The van der Waals surface area contributed by atoms with E-state index in [-0.39, 0.29) is 6.04 Å². The largest absolute Gasteiger partial charge is 0.493 e. The molecule has 0 saturated carbocycles. The van der Waals surface area contributed by atoms with E-state index in [4.69, 9.17) is 10.5 Å². The molecule has 0 radical (unpaired) electrons. The summed E-state index contributed by atoms with van der Waals surface area (Å²) in [5.41, 5.74) is 8.48. The van der Waals surface area contributed by atoms with Gasteiger partial charge < -0.3 is 10.5 Å². The van der Waals surface area contributed by atoms with Crippen molar-refractivity contribution >= 4 is 0 Å². The van der Waals surface area contributed by atoms with E-state index in [1.807, 2.05) is 12.2 Å². The molecule has 0 fully saturated rings. The monoisotopic (exact) mass is 272 g/mol. The van der Waals surface area contributed by atoms with Gasteiger partial charge in [-0.1, -0.05) is 24.3 Å². The summed E-state index contributed by atoms with van der Waals surface area (Å²) in [6, 6.07) is 6.49. The van der Waals surface area contributed by atoms with E-state index >= 15 is 0 Å². The molecule has 0 bridgehead atoms. The molecule has 2 rings (SSSR count). The van der Waals surface area contributed by atoms with Gasteiger partial charge in [0.25, 0.3) is 0 Å². The first-order valence-corrected chi connectivity index (χ1v) is 7.20. The lowest BCUT2D eigenvalue weighted by molar-refractivity contribution is 0.266. The van der Waals surface area contributed by atoms with Crippen LogP contribution in [0.25, 0.3) is 0 Å². The molecular weight excluding hydrogens is 248 g/mol. The number of ether oxygens (including phenoxy) is 1. The number of hydrogen-bond acceptors (Lipinski definition) is 3. The Bertz CT molecular complexity index is 470. The van der Waals surface area contributed by atoms with Gasteiger partial charge in [-0.15, -0.1) is 13.2 Å². The standard InChI is InChI=1S/C17H24N2O/c1-3-5-10-19(9-4-2)13-14-6-7-15-16(18)8-11-20-17(15)12-14/h3-4,6-7,12,16H,1-2,5,8-11,13,18H2. The molecule has 0 amide bonds. The summed E-state index contributed by atoms with van der Waals surface area (Å²) in [6.07, 6.45) is 5.77. The van der Waals surface area contributed by atoms with E-state index in [1.165, 1.54) is 5.56 Å². The van der Waals surface area contributed by atoms with Gasteiger partial charge in [-0.3, -0.25) is 4.90 Å². The Kier molecular flexibility index (Phi) is 5.39. The molecule has 108 valence electrons. The van der Waals surface area contributed by atoms with E-state index in [0.29, 0.717) is 6.61 Å². The average molecular weight is 272 g/mol. The summed E-state index contributed by atoms with van der Waals surface area (Å²) >= 11 is 0. The summed E-state index contributed by atoms with van der Waals surface area (Å²) < 4.78 is 5.72. The third-order valence-electron chi connectivity index (χ3n) is 3.61. The molecule has 0 spiro atoms. The van der Waals surface area contributed by atoms with Crippen molar-refractivity contribution in [3.63, 3.8) is 0 Å². The summed E-state index contributed by atoms with van der Waals surface area (Å²) in [4.78, 5) is 2.35. The first-order chi connectivity index (χ1) is 9.74. The maximum absolute atomic E-state index is 6.10. The zero-order valence-electron chi connectivity index (χ0n) is 12.1. The number of nitrogens with zero attached hydrogens (tertiary/aromatic N) is 1. The van der Waals surface area contributed by atoms with Crippen molar-refractivity contribution in [1.82, 2.24) is 4.90 Å². The molecule has 1 aliphatic rings. The molecule has 1 aromatic carbocycles. The SMILES string of the molecule is C=CCCN(CC=C)Cc1ccc2c(c1)OCCC2N. The van der Waals surface area contributed by atoms with Gasteiger partial charge in [-0.2, -0.15) is 0 Å². The first-order valence-electron chi connectivity index (χ1n) is 7.20. The highest BCUT2D eigenvalue weighted by Crippen LogP contribution is 2.31. The Morgan fingerprint density at radius 2 is 2.20 bits per heavy atom. The number of fused-ring (bicyclic) bond motifs is 1. The van der Waals surface area contributed by atoms with Gasteiger partial charge >= 0.3 is 0 Å². The number of hydrogen-bond donors (Lipinski definition) is 1. The van der Waals surface area contributed by atoms with E-state index in [0.717, 1.165) is 43.8 Å². The second-order valence-electron chi connectivity index (χ2n) is 5.22. The van der Waals surface area contributed by atoms with Gasteiger partial charge in [0.2, 0.25) is 0 Å². The lowest BCUT2D eigenvalue weighted by atomic mass is 9.99.